The van der Waals surface area contributed by atoms with E-state index in [1.807, 2.05) is 0 Å². The predicted octanol–water partition coefficient (Wildman–Crippen LogP) is 3.09. The van der Waals surface area contributed by atoms with Crippen LogP contribution in [0.5, 0.6) is 5.75 Å². The van der Waals surface area contributed by atoms with Crippen LogP contribution in [0.15, 0.2) is 46.9 Å². The molecule has 0 atom stereocenters. The van der Waals surface area contributed by atoms with Crippen molar-refractivity contribution < 1.29 is 23.8 Å². The van der Waals surface area contributed by atoms with E-state index in [9.17, 15) is 19.1 Å². The topological polar surface area (TPSA) is 75.6 Å². The lowest BCUT2D eigenvalue weighted by Crippen LogP contribution is -2.21. The number of aromatic hydroxyl groups is 1. The molecule has 0 bridgehead atoms. The number of carbonyl (C=O) groups excluding carboxylic acids is 2. The highest BCUT2D eigenvalue weighted by Gasteiger charge is 2.15. The van der Waals surface area contributed by atoms with E-state index in [2.05, 4.69) is 21.2 Å². The van der Waals surface area contributed by atoms with Crippen LogP contribution in [0.25, 0.3) is 0 Å². The molecule has 0 unspecified atom stereocenters. The summed E-state index contributed by atoms with van der Waals surface area (Å²) < 4.78 is 18.1. The predicted molar refractivity (Wildman–Crippen MR) is 81.1 cm³/mol. The zero-order chi connectivity index (χ0) is 16.1. The lowest BCUT2D eigenvalue weighted by atomic mass is 10.2. The number of ether oxygens (including phenoxy) is 1. The second-order valence-corrected chi connectivity index (χ2v) is 5.21. The Kier molecular flexibility index (Phi) is 5.11. The van der Waals surface area contributed by atoms with Crippen LogP contribution in [-0.2, 0) is 9.53 Å². The van der Waals surface area contributed by atoms with E-state index in [1.165, 1.54) is 36.4 Å². The van der Waals surface area contributed by atoms with Gasteiger partial charge in [-0.2, -0.15) is 0 Å². The van der Waals surface area contributed by atoms with E-state index < -0.39 is 24.3 Å². The van der Waals surface area contributed by atoms with E-state index in [0.717, 1.165) is 0 Å². The van der Waals surface area contributed by atoms with Crippen LogP contribution in [0.3, 0.4) is 0 Å². The van der Waals surface area contributed by atoms with Crippen LogP contribution < -0.4 is 5.32 Å². The van der Waals surface area contributed by atoms with Gasteiger partial charge in [0, 0.05) is 10.2 Å². The minimum absolute atomic E-state index is 0.0519. The number of esters is 1. The number of nitrogens with one attached hydrogen (secondary N) is 1. The Balaban J connectivity index is 1.91. The normalized spacial score (nSPS) is 10.1. The van der Waals surface area contributed by atoms with Crippen molar-refractivity contribution in [2.24, 2.45) is 0 Å². The number of anilines is 1. The van der Waals surface area contributed by atoms with Crippen molar-refractivity contribution in [2.45, 2.75) is 0 Å². The molecular weight excluding hydrogens is 357 g/mol. The van der Waals surface area contributed by atoms with Crippen LogP contribution in [0.2, 0.25) is 0 Å². The van der Waals surface area contributed by atoms with Gasteiger partial charge in [-0.25, -0.2) is 9.18 Å². The lowest BCUT2D eigenvalue weighted by Gasteiger charge is -2.08. The quantitative estimate of drug-likeness (QED) is 0.814. The van der Waals surface area contributed by atoms with Gasteiger partial charge in [0.25, 0.3) is 5.91 Å². The van der Waals surface area contributed by atoms with Gasteiger partial charge in [-0.05, 0) is 42.5 Å². The zero-order valence-corrected chi connectivity index (χ0v) is 12.8. The minimum Gasteiger partial charge on any atom is -0.507 e. The molecule has 0 aliphatic carbocycles. The van der Waals surface area contributed by atoms with E-state index in [-0.39, 0.29) is 11.3 Å². The summed E-state index contributed by atoms with van der Waals surface area (Å²) in [6.07, 6.45) is 0. The largest absolute Gasteiger partial charge is 0.507 e. The van der Waals surface area contributed by atoms with Gasteiger partial charge in [0.05, 0.1) is 0 Å². The number of phenolic OH excluding ortho intramolecular Hbond substituents is 1. The number of hydrogen-bond acceptors (Lipinski definition) is 4. The first-order valence-corrected chi connectivity index (χ1v) is 6.96. The van der Waals surface area contributed by atoms with Crippen molar-refractivity contribution in [3.05, 3.63) is 58.3 Å². The van der Waals surface area contributed by atoms with E-state index in [0.29, 0.717) is 10.2 Å². The molecule has 2 aromatic rings. The molecule has 0 radical (unpaired) electrons. The SMILES string of the molecule is O=C(COC(=O)c1cc(Br)ccc1O)Nc1ccc(F)cc1. The van der Waals surface area contributed by atoms with Crippen LogP contribution in [0.1, 0.15) is 10.4 Å². The summed E-state index contributed by atoms with van der Waals surface area (Å²) in [7, 11) is 0. The molecule has 0 aliphatic rings. The second-order valence-electron chi connectivity index (χ2n) is 4.29. The second kappa shape index (κ2) is 7.04. The molecule has 114 valence electrons. The third kappa shape index (κ3) is 4.29. The van der Waals surface area contributed by atoms with Crippen LogP contribution >= 0.6 is 15.9 Å². The molecule has 0 heterocycles. The summed E-state index contributed by atoms with van der Waals surface area (Å²) in [5.41, 5.74) is 0.330. The Morgan fingerprint density at radius 1 is 1.18 bits per heavy atom. The maximum absolute atomic E-state index is 12.7. The molecule has 0 saturated carbocycles. The summed E-state index contributed by atoms with van der Waals surface area (Å²) >= 11 is 3.17. The molecule has 2 rings (SSSR count). The Bertz CT molecular complexity index is 703. The third-order valence-electron chi connectivity index (χ3n) is 2.64. The highest BCUT2D eigenvalue weighted by Crippen LogP contribution is 2.22. The number of halogens is 2. The molecule has 2 N–H and O–H groups in total. The molecule has 1 amide bonds. The Morgan fingerprint density at radius 2 is 1.86 bits per heavy atom. The summed E-state index contributed by atoms with van der Waals surface area (Å²) in [4.78, 5) is 23.4. The molecule has 0 aromatic heterocycles. The summed E-state index contributed by atoms with van der Waals surface area (Å²) in [6, 6.07) is 9.44. The molecule has 7 heteroatoms. The zero-order valence-electron chi connectivity index (χ0n) is 11.2. The molecular formula is C15H11BrFNO4. The molecule has 0 saturated heterocycles. The molecule has 22 heavy (non-hydrogen) atoms. The lowest BCUT2D eigenvalue weighted by molar-refractivity contribution is -0.119. The standard InChI is InChI=1S/C15H11BrFNO4/c16-9-1-6-13(19)12(7-9)15(21)22-8-14(20)18-11-4-2-10(17)3-5-11/h1-7,19H,8H2,(H,18,20). The van der Waals surface area contributed by atoms with Gasteiger partial charge < -0.3 is 15.2 Å². The average Bonchev–Trinajstić information content (AvgIpc) is 2.49. The van der Waals surface area contributed by atoms with Crippen molar-refractivity contribution in [3.63, 3.8) is 0 Å². The number of benzene rings is 2. The Labute approximate surface area is 133 Å². The third-order valence-corrected chi connectivity index (χ3v) is 3.13. The van der Waals surface area contributed by atoms with Gasteiger partial charge >= 0.3 is 5.97 Å². The monoisotopic (exact) mass is 367 g/mol. The van der Waals surface area contributed by atoms with Crippen LogP contribution in [0, 0.1) is 5.82 Å². The van der Waals surface area contributed by atoms with E-state index in [1.54, 1.807) is 6.07 Å². The molecule has 0 fully saturated rings. The van der Waals surface area contributed by atoms with E-state index >= 15 is 0 Å². The smallest absolute Gasteiger partial charge is 0.342 e. The summed E-state index contributed by atoms with van der Waals surface area (Å²) in [5, 5.41) is 12.0. The minimum atomic E-state index is -0.826. The van der Waals surface area contributed by atoms with Gasteiger partial charge in [-0.15, -0.1) is 0 Å². The van der Waals surface area contributed by atoms with Crippen LogP contribution in [-0.4, -0.2) is 23.6 Å². The van der Waals surface area contributed by atoms with Crippen molar-refractivity contribution >= 4 is 33.5 Å². The fraction of sp³-hybridized carbons (Fsp3) is 0.0667. The summed E-state index contributed by atoms with van der Waals surface area (Å²) in [5.74, 6) is -2.07. The molecule has 0 aliphatic heterocycles. The van der Waals surface area contributed by atoms with Gasteiger partial charge in [0.15, 0.2) is 6.61 Å². The molecule has 2 aromatic carbocycles. The number of hydrogen-bond donors (Lipinski definition) is 2. The number of rotatable bonds is 4. The Morgan fingerprint density at radius 3 is 2.55 bits per heavy atom. The van der Waals surface area contributed by atoms with Gasteiger partial charge in [0.2, 0.25) is 0 Å². The number of phenols is 1. The fourth-order valence-corrected chi connectivity index (χ4v) is 1.97. The van der Waals surface area contributed by atoms with Crippen molar-refractivity contribution in [2.75, 3.05) is 11.9 Å². The number of amides is 1. The van der Waals surface area contributed by atoms with E-state index in [4.69, 9.17) is 4.74 Å². The maximum atomic E-state index is 12.7. The summed E-state index contributed by atoms with van der Waals surface area (Å²) in [6.45, 7) is -0.526. The number of carbonyl (C=O) groups is 2. The molecule has 0 spiro atoms. The van der Waals surface area contributed by atoms with Crippen molar-refractivity contribution in [1.82, 2.24) is 0 Å². The van der Waals surface area contributed by atoms with Gasteiger partial charge in [0.1, 0.15) is 17.1 Å². The van der Waals surface area contributed by atoms with Gasteiger partial charge in [-0.1, -0.05) is 15.9 Å². The highest BCUT2D eigenvalue weighted by molar-refractivity contribution is 9.10. The Hall–Kier alpha value is -2.41. The van der Waals surface area contributed by atoms with Crippen molar-refractivity contribution in [1.29, 1.82) is 0 Å². The van der Waals surface area contributed by atoms with Crippen molar-refractivity contribution in [3.8, 4) is 5.75 Å². The molecule has 5 nitrogen and oxygen atoms in total. The van der Waals surface area contributed by atoms with Crippen LogP contribution in [0.4, 0.5) is 10.1 Å². The average molecular weight is 368 g/mol. The first-order valence-electron chi connectivity index (χ1n) is 6.17. The highest BCUT2D eigenvalue weighted by atomic mass is 79.9. The first kappa shape index (κ1) is 16.0. The fourth-order valence-electron chi connectivity index (χ4n) is 1.61. The maximum Gasteiger partial charge on any atom is 0.342 e. The van der Waals surface area contributed by atoms with Gasteiger partial charge in [-0.3, -0.25) is 4.79 Å². The first-order chi connectivity index (χ1) is 10.5.